The van der Waals surface area contributed by atoms with Crippen molar-refractivity contribution in [2.45, 2.75) is 19.3 Å². The van der Waals surface area contributed by atoms with E-state index in [1.54, 1.807) is 0 Å². The Labute approximate surface area is 198 Å². The fourth-order valence-electron chi connectivity index (χ4n) is 5.62. The minimum atomic E-state index is -0.189. The molecule has 3 nitrogen and oxygen atoms in total. The van der Waals surface area contributed by atoms with E-state index in [1.165, 1.54) is 27.4 Å². The van der Waals surface area contributed by atoms with Gasteiger partial charge >= 0.3 is 0 Å². The average Bonchev–Trinajstić information content (AvgIpc) is 3.48. The van der Waals surface area contributed by atoms with E-state index in [-0.39, 0.29) is 5.41 Å². The van der Waals surface area contributed by atoms with Crippen LogP contribution in [0.5, 0.6) is 0 Å². The number of rotatable bonds is 3. The molecule has 0 aliphatic carbocycles. The van der Waals surface area contributed by atoms with Gasteiger partial charge in [-0.05, 0) is 61.9 Å². The second-order valence-corrected chi connectivity index (χ2v) is 9.51. The van der Waals surface area contributed by atoms with Gasteiger partial charge in [-0.15, -0.1) is 0 Å². The first-order chi connectivity index (χ1) is 16.6. The summed E-state index contributed by atoms with van der Waals surface area (Å²) < 4.78 is 8.40. The number of hydrogen-bond donors (Lipinski definition) is 0. The van der Waals surface area contributed by atoms with Crippen LogP contribution in [0.15, 0.2) is 114 Å². The second kappa shape index (κ2) is 6.88. The number of para-hydroxylation sites is 3. The molecular weight excluding hydrogens is 416 g/mol. The van der Waals surface area contributed by atoms with Gasteiger partial charge in [0.05, 0.1) is 28.4 Å². The summed E-state index contributed by atoms with van der Waals surface area (Å²) >= 11 is 0. The van der Waals surface area contributed by atoms with Crippen molar-refractivity contribution in [1.29, 1.82) is 0 Å². The number of hydrogen-bond acceptors (Lipinski definition) is 2. The molecule has 7 rings (SSSR count). The molecule has 1 aliphatic heterocycles. The quantitative estimate of drug-likeness (QED) is 0.275. The van der Waals surface area contributed by atoms with Gasteiger partial charge in [-0.3, -0.25) is 0 Å². The fourth-order valence-corrected chi connectivity index (χ4v) is 5.62. The summed E-state index contributed by atoms with van der Waals surface area (Å²) in [7, 11) is 0. The van der Waals surface area contributed by atoms with Gasteiger partial charge in [-0.25, -0.2) is 0 Å². The first-order valence-electron chi connectivity index (χ1n) is 11.7. The van der Waals surface area contributed by atoms with Crippen LogP contribution in [0.1, 0.15) is 25.2 Å². The highest BCUT2D eigenvalue weighted by molar-refractivity contribution is 6.12. The lowest BCUT2D eigenvalue weighted by molar-refractivity contribution is 0.425. The maximum Gasteiger partial charge on any atom is 0.137 e. The van der Waals surface area contributed by atoms with Gasteiger partial charge in [0, 0.05) is 33.9 Å². The van der Waals surface area contributed by atoms with Crippen LogP contribution >= 0.6 is 0 Å². The summed E-state index contributed by atoms with van der Waals surface area (Å²) in [6, 6.07) is 36.7. The second-order valence-electron chi connectivity index (χ2n) is 9.51. The third-order valence-electron chi connectivity index (χ3n) is 7.18. The zero-order chi connectivity index (χ0) is 22.9. The van der Waals surface area contributed by atoms with E-state index >= 15 is 0 Å². The minimum Gasteiger partial charge on any atom is -0.466 e. The normalized spacial score (nSPS) is 13.8. The van der Waals surface area contributed by atoms with Crippen LogP contribution in [-0.4, -0.2) is 4.57 Å². The highest BCUT2D eigenvalue weighted by Crippen LogP contribution is 2.48. The SMILES string of the molecule is CC1(C)c2occc2-n2c3ccc(N(c4ccccc4)c4ccccc4)cc3c3cccc1c32. The molecule has 34 heavy (non-hydrogen) atoms. The molecule has 0 saturated carbocycles. The molecular formula is C31H24N2O. The van der Waals surface area contributed by atoms with Gasteiger partial charge in [0.2, 0.25) is 0 Å². The summed E-state index contributed by atoms with van der Waals surface area (Å²) in [5, 5.41) is 2.52. The van der Waals surface area contributed by atoms with Crippen LogP contribution in [0, 0.1) is 0 Å². The van der Waals surface area contributed by atoms with Gasteiger partial charge < -0.3 is 13.9 Å². The van der Waals surface area contributed by atoms with E-state index in [9.17, 15) is 0 Å². The Morgan fingerprint density at radius 1 is 0.676 bits per heavy atom. The zero-order valence-corrected chi connectivity index (χ0v) is 19.2. The number of anilines is 3. The van der Waals surface area contributed by atoms with Crippen molar-refractivity contribution in [3.05, 3.63) is 121 Å². The predicted molar refractivity (Wildman–Crippen MR) is 140 cm³/mol. The molecule has 0 saturated heterocycles. The standard InChI is InChI=1S/C31H24N2O/c1-31(2)26-15-9-14-24-25-20-23(16-17-27(25)33(29(24)26)28-18-19-34-30(28)31)32(21-10-5-3-6-11-21)22-12-7-4-8-13-22/h3-20H,1-2H3. The predicted octanol–water partition coefficient (Wildman–Crippen LogP) is 8.49. The molecule has 0 amide bonds. The Morgan fingerprint density at radius 3 is 2.09 bits per heavy atom. The molecule has 0 bridgehead atoms. The number of furan rings is 1. The van der Waals surface area contributed by atoms with Crippen LogP contribution in [0.4, 0.5) is 17.1 Å². The van der Waals surface area contributed by atoms with Crippen LogP contribution in [-0.2, 0) is 5.41 Å². The molecule has 0 fully saturated rings. The van der Waals surface area contributed by atoms with Crippen molar-refractivity contribution < 1.29 is 4.42 Å². The largest absolute Gasteiger partial charge is 0.466 e. The number of benzene rings is 4. The first kappa shape index (κ1) is 19.2. The lowest BCUT2D eigenvalue weighted by atomic mass is 9.79. The minimum absolute atomic E-state index is 0.189. The molecule has 0 atom stereocenters. The van der Waals surface area contributed by atoms with Crippen molar-refractivity contribution in [3.8, 4) is 5.69 Å². The molecule has 0 unspecified atom stereocenters. The topological polar surface area (TPSA) is 21.3 Å². The van der Waals surface area contributed by atoms with Gasteiger partial charge in [-0.1, -0.05) is 54.6 Å². The summed E-state index contributed by atoms with van der Waals surface area (Å²) in [6.07, 6.45) is 1.82. The van der Waals surface area contributed by atoms with E-state index in [0.717, 1.165) is 28.5 Å². The molecule has 164 valence electrons. The molecule has 3 heteroatoms. The van der Waals surface area contributed by atoms with E-state index in [1.807, 2.05) is 6.26 Å². The number of aromatic nitrogens is 1. The maximum absolute atomic E-state index is 6.03. The summed E-state index contributed by atoms with van der Waals surface area (Å²) in [4.78, 5) is 2.32. The van der Waals surface area contributed by atoms with E-state index in [0.29, 0.717) is 0 Å². The van der Waals surface area contributed by atoms with Crippen molar-refractivity contribution in [2.24, 2.45) is 0 Å². The molecule has 6 aromatic rings. The highest BCUT2D eigenvalue weighted by atomic mass is 16.3. The van der Waals surface area contributed by atoms with Crippen molar-refractivity contribution >= 4 is 38.9 Å². The first-order valence-corrected chi connectivity index (χ1v) is 11.7. The summed E-state index contributed by atoms with van der Waals surface area (Å²) in [5.74, 6) is 1.02. The van der Waals surface area contributed by atoms with Gasteiger partial charge in [0.15, 0.2) is 0 Å². The molecule has 0 radical (unpaired) electrons. The summed E-state index contributed by atoms with van der Waals surface area (Å²) in [5.41, 5.74) is 8.14. The van der Waals surface area contributed by atoms with E-state index in [4.69, 9.17) is 4.42 Å². The number of nitrogens with zero attached hydrogens (tertiary/aromatic N) is 2. The third-order valence-corrected chi connectivity index (χ3v) is 7.18. The Kier molecular flexibility index (Phi) is 3.89. The third kappa shape index (κ3) is 2.52. The van der Waals surface area contributed by atoms with Crippen LogP contribution in [0.3, 0.4) is 0 Å². The van der Waals surface area contributed by atoms with Crippen molar-refractivity contribution in [2.75, 3.05) is 4.90 Å². The Hall–Kier alpha value is -4.24. The molecule has 0 spiro atoms. The van der Waals surface area contributed by atoms with Crippen LogP contribution < -0.4 is 4.90 Å². The Balaban J connectivity index is 1.54. The Bertz CT molecular complexity index is 1630. The van der Waals surface area contributed by atoms with Crippen molar-refractivity contribution in [1.82, 2.24) is 4.57 Å². The summed E-state index contributed by atoms with van der Waals surface area (Å²) in [6.45, 7) is 4.51. The van der Waals surface area contributed by atoms with Crippen LogP contribution in [0.25, 0.3) is 27.5 Å². The molecule has 0 N–H and O–H groups in total. The van der Waals surface area contributed by atoms with Crippen molar-refractivity contribution in [3.63, 3.8) is 0 Å². The highest BCUT2D eigenvalue weighted by Gasteiger charge is 2.37. The number of fused-ring (bicyclic) bond motifs is 5. The molecule has 4 aromatic carbocycles. The van der Waals surface area contributed by atoms with Crippen LogP contribution in [0.2, 0.25) is 0 Å². The molecule has 2 aromatic heterocycles. The lowest BCUT2D eigenvalue weighted by Crippen LogP contribution is -2.24. The molecule has 3 heterocycles. The van der Waals surface area contributed by atoms with Gasteiger partial charge in [0.25, 0.3) is 0 Å². The van der Waals surface area contributed by atoms with E-state index in [2.05, 4.69) is 126 Å². The lowest BCUT2D eigenvalue weighted by Gasteiger charge is -2.30. The van der Waals surface area contributed by atoms with E-state index < -0.39 is 0 Å². The Morgan fingerprint density at radius 2 is 1.38 bits per heavy atom. The fraction of sp³-hybridized carbons (Fsp3) is 0.0968. The smallest absolute Gasteiger partial charge is 0.137 e. The zero-order valence-electron chi connectivity index (χ0n) is 19.2. The maximum atomic E-state index is 6.03. The van der Waals surface area contributed by atoms with Gasteiger partial charge in [0.1, 0.15) is 5.76 Å². The monoisotopic (exact) mass is 440 g/mol. The molecule has 1 aliphatic rings. The average molecular weight is 441 g/mol. The van der Waals surface area contributed by atoms with Gasteiger partial charge in [-0.2, -0.15) is 0 Å².